The Bertz CT molecular complexity index is 1400. The van der Waals surface area contributed by atoms with Crippen LogP contribution in [0.5, 0.6) is 0 Å². The second kappa shape index (κ2) is 13.9. The number of allylic oxidation sites excluding steroid dienone is 1. The zero-order chi connectivity index (χ0) is 31.1. The van der Waals surface area contributed by atoms with E-state index < -0.39 is 5.92 Å². The molecule has 0 spiro atoms. The molecule has 0 aliphatic carbocycles. The molecule has 226 valence electrons. The van der Waals surface area contributed by atoms with Crippen molar-refractivity contribution in [3.8, 4) is 0 Å². The molecule has 0 aromatic heterocycles. The van der Waals surface area contributed by atoms with Crippen molar-refractivity contribution in [1.82, 2.24) is 15.1 Å². The second-order valence-electron chi connectivity index (χ2n) is 12.3. The minimum atomic E-state index is -0.640. The first-order valence-corrected chi connectivity index (χ1v) is 15.3. The van der Waals surface area contributed by atoms with Gasteiger partial charge in [-0.25, -0.2) is 0 Å². The van der Waals surface area contributed by atoms with Crippen LogP contribution >= 0.6 is 0 Å². The number of benzene rings is 3. The fraction of sp³-hybridized carbons (Fsp3) is 0.378. The van der Waals surface area contributed by atoms with Gasteiger partial charge in [0.2, 0.25) is 11.8 Å². The number of carbonyl (C=O) groups is 3. The molecule has 3 aromatic carbocycles. The number of carbonyl (C=O) groups excluding carboxylic acids is 3. The van der Waals surface area contributed by atoms with E-state index in [1.54, 1.807) is 9.80 Å². The molecule has 1 unspecified atom stereocenters. The van der Waals surface area contributed by atoms with Gasteiger partial charge in [-0.2, -0.15) is 0 Å². The lowest BCUT2D eigenvalue weighted by Gasteiger charge is -2.36. The van der Waals surface area contributed by atoms with Gasteiger partial charge in [-0.1, -0.05) is 106 Å². The van der Waals surface area contributed by atoms with E-state index in [-0.39, 0.29) is 42.0 Å². The lowest BCUT2D eigenvalue weighted by molar-refractivity contribution is -0.139. The van der Waals surface area contributed by atoms with Gasteiger partial charge in [-0.15, -0.1) is 0 Å². The van der Waals surface area contributed by atoms with Crippen molar-refractivity contribution in [2.24, 2.45) is 5.92 Å². The molecule has 1 atom stereocenters. The second-order valence-corrected chi connectivity index (χ2v) is 12.3. The highest BCUT2D eigenvalue weighted by Crippen LogP contribution is 2.33. The van der Waals surface area contributed by atoms with E-state index in [4.69, 9.17) is 0 Å². The van der Waals surface area contributed by atoms with Crippen molar-refractivity contribution in [3.05, 3.63) is 118 Å². The van der Waals surface area contributed by atoms with Crippen LogP contribution in [0.15, 0.2) is 96.2 Å². The van der Waals surface area contributed by atoms with Crippen LogP contribution < -0.4 is 5.32 Å². The number of hydrogen-bond donors (Lipinski definition) is 1. The lowest BCUT2D eigenvalue weighted by Crippen LogP contribution is -2.44. The smallest absolute Gasteiger partial charge is 0.251 e. The van der Waals surface area contributed by atoms with E-state index in [2.05, 4.69) is 38.2 Å². The van der Waals surface area contributed by atoms with Crippen molar-refractivity contribution in [2.45, 2.75) is 72.4 Å². The summed E-state index contributed by atoms with van der Waals surface area (Å²) in [5.41, 5.74) is 5.42. The van der Waals surface area contributed by atoms with E-state index in [0.717, 1.165) is 16.7 Å². The first kappa shape index (κ1) is 31.7. The number of hydrogen-bond acceptors (Lipinski definition) is 3. The van der Waals surface area contributed by atoms with E-state index in [0.29, 0.717) is 30.9 Å². The minimum Gasteiger partial charge on any atom is -0.345 e. The minimum absolute atomic E-state index is 0.00320. The van der Waals surface area contributed by atoms with Crippen LogP contribution in [0.3, 0.4) is 0 Å². The van der Waals surface area contributed by atoms with Crippen molar-refractivity contribution in [2.75, 3.05) is 13.1 Å². The summed E-state index contributed by atoms with van der Waals surface area (Å²) in [7, 11) is 0. The van der Waals surface area contributed by atoms with Crippen LogP contribution in [0.25, 0.3) is 0 Å². The molecule has 0 saturated carbocycles. The van der Waals surface area contributed by atoms with Gasteiger partial charge in [-0.05, 0) is 54.9 Å². The molecule has 3 aromatic rings. The number of amides is 3. The zero-order valence-corrected chi connectivity index (χ0v) is 26.4. The lowest BCUT2D eigenvalue weighted by atomic mass is 9.86. The number of likely N-dealkylation sites (N-methyl/N-ethyl adjacent to an activating group) is 1. The van der Waals surface area contributed by atoms with Gasteiger partial charge in [0.05, 0.1) is 18.5 Å². The predicted octanol–water partition coefficient (Wildman–Crippen LogP) is 6.77. The SMILES string of the molecule is CCN(CC)C(=O)C1=C(C)N(Cc2ccc(C(C)(C)C)cc2)C(=O)C(CC(=O)NC(c2ccccc2)c2ccccc2)C1. The summed E-state index contributed by atoms with van der Waals surface area (Å²) in [5, 5.41) is 3.18. The van der Waals surface area contributed by atoms with Gasteiger partial charge in [0.15, 0.2) is 0 Å². The quantitative estimate of drug-likeness (QED) is 0.288. The largest absolute Gasteiger partial charge is 0.345 e. The van der Waals surface area contributed by atoms with Gasteiger partial charge in [0, 0.05) is 30.8 Å². The maximum absolute atomic E-state index is 14.0. The highest BCUT2D eigenvalue weighted by Gasteiger charge is 2.37. The Hall–Kier alpha value is -4.19. The molecule has 0 fully saturated rings. The first-order chi connectivity index (χ1) is 20.5. The van der Waals surface area contributed by atoms with Crippen molar-refractivity contribution < 1.29 is 14.4 Å². The standard InChI is InChI=1S/C37H45N3O3/c1-7-39(8-2)36(43)32-23-30(35(42)40(26(32)3)25-27-19-21-31(22-20-27)37(4,5)6)24-33(41)38-34(28-15-11-9-12-16-28)29-17-13-10-14-18-29/h9-22,30,34H,7-8,23-25H2,1-6H3,(H,38,41). The summed E-state index contributed by atoms with van der Waals surface area (Å²) in [6, 6.07) is 27.6. The fourth-order valence-corrected chi connectivity index (χ4v) is 5.72. The monoisotopic (exact) mass is 579 g/mol. The molecule has 6 heteroatoms. The number of rotatable bonds is 10. The average Bonchev–Trinajstić information content (AvgIpc) is 3.00. The number of nitrogens with zero attached hydrogens (tertiary/aromatic N) is 2. The Morgan fingerprint density at radius 1 is 0.884 bits per heavy atom. The van der Waals surface area contributed by atoms with E-state index in [9.17, 15) is 14.4 Å². The molecule has 4 rings (SSSR count). The van der Waals surface area contributed by atoms with E-state index in [1.165, 1.54) is 5.56 Å². The summed E-state index contributed by atoms with van der Waals surface area (Å²) < 4.78 is 0. The Morgan fingerprint density at radius 3 is 1.91 bits per heavy atom. The van der Waals surface area contributed by atoms with Crippen molar-refractivity contribution in [3.63, 3.8) is 0 Å². The maximum Gasteiger partial charge on any atom is 0.251 e. The Balaban J connectivity index is 1.61. The fourth-order valence-electron chi connectivity index (χ4n) is 5.72. The van der Waals surface area contributed by atoms with Crippen LogP contribution in [-0.4, -0.2) is 40.6 Å². The van der Waals surface area contributed by atoms with Gasteiger partial charge in [0.1, 0.15) is 0 Å². The molecule has 0 bridgehead atoms. The highest BCUT2D eigenvalue weighted by molar-refractivity contribution is 5.98. The summed E-state index contributed by atoms with van der Waals surface area (Å²) in [5.74, 6) is -1.06. The first-order valence-electron chi connectivity index (χ1n) is 15.3. The summed E-state index contributed by atoms with van der Waals surface area (Å²) >= 11 is 0. The molecule has 0 saturated heterocycles. The molecule has 1 aliphatic rings. The van der Waals surface area contributed by atoms with Gasteiger partial charge in [-0.3, -0.25) is 14.4 Å². The average molecular weight is 580 g/mol. The molecule has 3 amide bonds. The molecule has 6 nitrogen and oxygen atoms in total. The molecule has 0 radical (unpaired) electrons. The molecule has 1 aliphatic heterocycles. The van der Waals surface area contributed by atoms with Crippen molar-refractivity contribution >= 4 is 17.7 Å². The Labute approximate surface area is 256 Å². The maximum atomic E-state index is 14.0. The normalized spacial score (nSPS) is 15.6. The van der Waals surface area contributed by atoms with Crippen LogP contribution in [0.2, 0.25) is 0 Å². The third-order valence-electron chi connectivity index (χ3n) is 8.38. The Kier molecular flexibility index (Phi) is 10.2. The summed E-state index contributed by atoms with van der Waals surface area (Å²) in [6.45, 7) is 13.8. The third kappa shape index (κ3) is 7.61. The van der Waals surface area contributed by atoms with Crippen LogP contribution in [-0.2, 0) is 26.3 Å². The zero-order valence-electron chi connectivity index (χ0n) is 26.4. The van der Waals surface area contributed by atoms with Crippen molar-refractivity contribution in [1.29, 1.82) is 0 Å². The molecule has 1 N–H and O–H groups in total. The van der Waals surface area contributed by atoms with Gasteiger partial charge >= 0.3 is 0 Å². The molecule has 43 heavy (non-hydrogen) atoms. The van der Waals surface area contributed by atoms with Crippen LogP contribution in [0.1, 0.15) is 82.7 Å². The topological polar surface area (TPSA) is 69.7 Å². The highest BCUT2D eigenvalue weighted by atomic mass is 16.2. The van der Waals surface area contributed by atoms with Crippen LogP contribution in [0, 0.1) is 5.92 Å². The van der Waals surface area contributed by atoms with Crippen LogP contribution in [0.4, 0.5) is 0 Å². The number of nitrogens with one attached hydrogen (secondary N) is 1. The van der Waals surface area contributed by atoms with Gasteiger partial charge in [0.25, 0.3) is 5.91 Å². The summed E-state index contributed by atoms with van der Waals surface area (Å²) in [4.78, 5) is 44.7. The molecule has 1 heterocycles. The third-order valence-corrected chi connectivity index (χ3v) is 8.38. The van der Waals surface area contributed by atoms with Gasteiger partial charge < -0.3 is 15.1 Å². The van der Waals surface area contributed by atoms with E-state index >= 15 is 0 Å². The van der Waals surface area contributed by atoms with E-state index in [1.807, 2.05) is 93.6 Å². The predicted molar refractivity (Wildman–Crippen MR) is 172 cm³/mol. The molecular formula is C37H45N3O3. The summed E-state index contributed by atoms with van der Waals surface area (Å²) in [6.07, 6.45) is 0.241. The Morgan fingerprint density at radius 2 is 1.42 bits per heavy atom. The molecular weight excluding hydrogens is 534 g/mol.